The van der Waals surface area contributed by atoms with E-state index in [1.54, 1.807) is 6.08 Å². The molecule has 1 heterocycles. The summed E-state index contributed by atoms with van der Waals surface area (Å²) in [6.45, 7) is 3.66. The highest BCUT2D eigenvalue weighted by Gasteiger charge is 2.44. The Morgan fingerprint density at radius 1 is 0.432 bits per heavy atom. The van der Waals surface area contributed by atoms with Gasteiger partial charge in [-0.1, -0.05) is 290 Å². The smallest absolute Gasteiger partial charge is 0.220 e. The summed E-state index contributed by atoms with van der Waals surface area (Å²) in [5.74, 6) is -0.193. The van der Waals surface area contributed by atoms with Gasteiger partial charge in [-0.15, -0.1) is 0 Å². The van der Waals surface area contributed by atoms with E-state index in [4.69, 9.17) is 9.47 Å². The van der Waals surface area contributed by atoms with Gasteiger partial charge in [0.15, 0.2) is 6.29 Å². The van der Waals surface area contributed by atoms with Gasteiger partial charge in [0.2, 0.25) is 5.91 Å². The Balaban J connectivity index is 2.19. The van der Waals surface area contributed by atoms with Crippen LogP contribution in [0.25, 0.3) is 0 Å². The van der Waals surface area contributed by atoms with Gasteiger partial charge in [0.25, 0.3) is 0 Å². The van der Waals surface area contributed by atoms with E-state index >= 15 is 0 Å². The molecule has 7 atom stereocenters. The molecule has 1 rings (SSSR count). The molecule has 1 amide bonds. The van der Waals surface area contributed by atoms with Crippen LogP contribution in [0.4, 0.5) is 0 Å². The van der Waals surface area contributed by atoms with E-state index < -0.39 is 49.5 Å². The molecule has 0 saturated carbocycles. The number of aliphatic hydroxyl groups excluding tert-OH is 5. The molecule has 0 bridgehead atoms. The SMILES string of the molecule is CC/C=C\C/C=C\C/C=C\C/C=C\C/C=C\C/C=C\CCCCCCCCCCCCCCCCC(=O)NC(COC1OC(CO)C(O)C(O)C1O)C(O)/C=C/CC/C=C/CC/C=C/CCCCCCCCCCCCCCCCC. The molecule has 0 aliphatic carbocycles. The first kappa shape index (κ1) is 75.9. The zero-order chi connectivity index (χ0) is 58.6. The Labute approximate surface area is 497 Å². The molecule has 9 heteroatoms. The fourth-order valence-electron chi connectivity index (χ4n) is 10.1. The Bertz CT molecular complexity index is 1640. The lowest BCUT2D eigenvalue weighted by atomic mass is 9.99. The number of rotatable bonds is 57. The van der Waals surface area contributed by atoms with Crippen molar-refractivity contribution in [3.05, 3.63) is 109 Å². The third-order valence-electron chi connectivity index (χ3n) is 15.3. The van der Waals surface area contributed by atoms with E-state index in [-0.39, 0.29) is 12.5 Å². The van der Waals surface area contributed by atoms with E-state index in [0.717, 1.165) is 83.5 Å². The first-order valence-electron chi connectivity index (χ1n) is 33.6. The maximum atomic E-state index is 13.1. The summed E-state index contributed by atoms with van der Waals surface area (Å²) < 4.78 is 11.3. The van der Waals surface area contributed by atoms with E-state index in [2.05, 4.69) is 116 Å². The number of carbonyl (C=O) groups excluding carboxylic acids is 1. The standard InChI is InChI=1S/C72H125NO8/c1-3-5-7-9-11-13-15-17-19-21-23-25-27-29-30-31-32-33-34-35-36-38-40-42-44-46-48-50-52-54-56-58-60-62-68(76)73-65(64-80-72-71(79)70(78)69(77)67(63-74)81-72)66(75)61-59-57-55-53-51-49-47-45-43-41-39-37-28-26-24-22-20-18-16-14-12-10-8-6-4-2/h5,7,11,13,17,19,23,25,29-30,32-33,43,45,51,53,59,61,65-67,69-72,74-75,77-79H,3-4,6,8-10,12,14-16,18,20-22,24,26-28,31,34-42,44,46-50,52,54-58,60,62-64H2,1-2H3,(H,73,76)/b7-5-,13-11-,19-17-,25-23-,30-29-,33-32-,45-43+,53-51+,61-59+. The third-order valence-corrected chi connectivity index (χ3v) is 15.3. The molecule has 7 unspecified atom stereocenters. The van der Waals surface area contributed by atoms with Gasteiger partial charge >= 0.3 is 0 Å². The summed E-state index contributed by atoms with van der Waals surface area (Å²) in [5, 5.41) is 54.7. The fraction of sp³-hybridized carbons (Fsp3) is 0.736. The predicted octanol–water partition coefficient (Wildman–Crippen LogP) is 18.1. The zero-order valence-electron chi connectivity index (χ0n) is 52.0. The number of allylic oxidation sites excluding steroid dienone is 17. The number of unbranched alkanes of at least 4 members (excludes halogenated alkanes) is 31. The minimum atomic E-state index is -1.58. The van der Waals surface area contributed by atoms with Crippen molar-refractivity contribution in [1.29, 1.82) is 0 Å². The number of aliphatic hydroxyl groups is 5. The third kappa shape index (κ3) is 48.9. The highest BCUT2D eigenvalue weighted by atomic mass is 16.7. The van der Waals surface area contributed by atoms with Crippen molar-refractivity contribution in [2.24, 2.45) is 0 Å². The van der Waals surface area contributed by atoms with Crippen LogP contribution in [0.5, 0.6) is 0 Å². The minimum absolute atomic E-state index is 0.193. The Morgan fingerprint density at radius 3 is 1.19 bits per heavy atom. The van der Waals surface area contributed by atoms with Crippen molar-refractivity contribution in [2.75, 3.05) is 13.2 Å². The maximum Gasteiger partial charge on any atom is 0.220 e. The summed E-state index contributed by atoms with van der Waals surface area (Å²) in [6, 6.07) is -0.836. The Hall–Kier alpha value is -3.15. The first-order valence-corrected chi connectivity index (χ1v) is 33.6. The normalized spacial score (nSPS) is 19.1. The molecule has 0 spiro atoms. The predicted molar refractivity (Wildman–Crippen MR) is 345 cm³/mol. The second-order valence-corrected chi connectivity index (χ2v) is 22.9. The zero-order valence-corrected chi connectivity index (χ0v) is 52.0. The molecule has 1 aliphatic heterocycles. The molecule has 81 heavy (non-hydrogen) atoms. The summed E-state index contributed by atoms with van der Waals surface area (Å²) in [4.78, 5) is 13.1. The van der Waals surface area contributed by atoms with Crippen molar-refractivity contribution >= 4 is 5.91 Å². The Morgan fingerprint density at radius 2 is 0.778 bits per heavy atom. The molecule has 0 aromatic rings. The van der Waals surface area contributed by atoms with Gasteiger partial charge in [-0.3, -0.25) is 4.79 Å². The fourth-order valence-corrected chi connectivity index (χ4v) is 10.1. The van der Waals surface area contributed by atoms with Crippen molar-refractivity contribution < 1.29 is 39.8 Å². The number of ether oxygens (including phenoxy) is 2. The highest BCUT2D eigenvalue weighted by molar-refractivity contribution is 5.76. The van der Waals surface area contributed by atoms with Gasteiger partial charge in [0, 0.05) is 6.42 Å². The molecule has 6 N–H and O–H groups in total. The first-order chi connectivity index (χ1) is 39.8. The Kier molecular flexibility index (Phi) is 56.2. The largest absolute Gasteiger partial charge is 0.394 e. The molecule has 0 radical (unpaired) electrons. The lowest BCUT2D eigenvalue weighted by Gasteiger charge is -2.40. The second-order valence-electron chi connectivity index (χ2n) is 22.9. The number of amides is 1. The number of hydrogen-bond donors (Lipinski definition) is 6. The average Bonchev–Trinajstić information content (AvgIpc) is 3.50. The lowest BCUT2D eigenvalue weighted by Crippen LogP contribution is -2.60. The van der Waals surface area contributed by atoms with Crippen LogP contribution in [0.3, 0.4) is 0 Å². The van der Waals surface area contributed by atoms with Crippen LogP contribution in [0, 0.1) is 0 Å². The van der Waals surface area contributed by atoms with E-state index in [9.17, 15) is 30.3 Å². The van der Waals surface area contributed by atoms with Gasteiger partial charge in [-0.05, 0) is 96.3 Å². The summed E-state index contributed by atoms with van der Waals surface area (Å²) in [5.41, 5.74) is 0. The van der Waals surface area contributed by atoms with Crippen LogP contribution in [0.15, 0.2) is 109 Å². The topological polar surface area (TPSA) is 149 Å². The molecule has 9 nitrogen and oxygen atoms in total. The summed E-state index contributed by atoms with van der Waals surface area (Å²) in [6.07, 6.45) is 81.8. The van der Waals surface area contributed by atoms with Crippen LogP contribution in [0.1, 0.15) is 284 Å². The summed E-state index contributed by atoms with van der Waals surface area (Å²) >= 11 is 0. The molecular formula is C72H125NO8. The van der Waals surface area contributed by atoms with Crippen LogP contribution >= 0.6 is 0 Å². The quantitative estimate of drug-likeness (QED) is 0.0261. The van der Waals surface area contributed by atoms with Gasteiger partial charge in [-0.25, -0.2) is 0 Å². The minimum Gasteiger partial charge on any atom is -0.394 e. The van der Waals surface area contributed by atoms with E-state index in [1.807, 2.05) is 6.08 Å². The lowest BCUT2D eigenvalue weighted by molar-refractivity contribution is -0.302. The van der Waals surface area contributed by atoms with Gasteiger partial charge in [0.1, 0.15) is 24.4 Å². The van der Waals surface area contributed by atoms with Crippen LogP contribution in [-0.4, -0.2) is 87.5 Å². The molecule has 1 saturated heterocycles. The second kappa shape index (κ2) is 60.0. The van der Waals surface area contributed by atoms with E-state index in [0.29, 0.717) is 6.42 Å². The number of carbonyl (C=O) groups is 1. The van der Waals surface area contributed by atoms with Crippen molar-refractivity contribution in [1.82, 2.24) is 5.32 Å². The van der Waals surface area contributed by atoms with Crippen LogP contribution < -0.4 is 5.32 Å². The molecular weight excluding hydrogens is 1010 g/mol. The number of nitrogens with one attached hydrogen (secondary N) is 1. The van der Waals surface area contributed by atoms with Gasteiger partial charge in [0.05, 0.1) is 25.4 Å². The van der Waals surface area contributed by atoms with Crippen LogP contribution in [0.2, 0.25) is 0 Å². The molecule has 1 fully saturated rings. The molecule has 0 aromatic heterocycles. The van der Waals surface area contributed by atoms with Crippen molar-refractivity contribution in [3.8, 4) is 0 Å². The van der Waals surface area contributed by atoms with Crippen molar-refractivity contribution in [2.45, 2.75) is 326 Å². The average molecular weight is 1130 g/mol. The van der Waals surface area contributed by atoms with Crippen molar-refractivity contribution in [3.63, 3.8) is 0 Å². The molecule has 1 aliphatic rings. The van der Waals surface area contributed by atoms with Crippen LogP contribution in [-0.2, 0) is 14.3 Å². The summed E-state index contributed by atoms with van der Waals surface area (Å²) in [7, 11) is 0. The van der Waals surface area contributed by atoms with E-state index in [1.165, 1.54) is 180 Å². The molecule has 466 valence electrons. The highest BCUT2D eigenvalue weighted by Crippen LogP contribution is 2.23. The van der Waals surface area contributed by atoms with Gasteiger partial charge in [-0.2, -0.15) is 0 Å². The number of hydrogen-bond acceptors (Lipinski definition) is 8. The van der Waals surface area contributed by atoms with Gasteiger partial charge < -0.3 is 40.3 Å². The maximum absolute atomic E-state index is 13.1. The monoisotopic (exact) mass is 1130 g/mol. The molecule has 0 aromatic carbocycles.